The van der Waals surface area contributed by atoms with Gasteiger partial charge in [-0.1, -0.05) is 11.6 Å². The molecule has 0 aliphatic carbocycles. The molecule has 98 valence electrons. The minimum Gasteiger partial charge on any atom is -0.376 e. The maximum Gasteiger partial charge on any atom is 0.294 e. The van der Waals surface area contributed by atoms with Crippen LogP contribution in [0.2, 0.25) is 5.02 Å². The lowest BCUT2D eigenvalue weighted by atomic mass is 10.1. The zero-order valence-corrected chi connectivity index (χ0v) is 10.4. The van der Waals surface area contributed by atoms with Crippen molar-refractivity contribution in [2.75, 3.05) is 11.9 Å². The van der Waals surface area contributed by atoms with Crippen molar-refractivity contribution >= 4 is 23.0 Å². The van der Waals surface area contributed by atoms with Gasteiger partial charge in [-0.3, -0.25) is 10.1 Å². The summed E-state index contributed by atoms with van der Waals surface area (Å²) < 4.78 is 18.7. The van der Waals surface area contributed by atoms with Crippen LogP contribution >= 0.6 is 11.6 Å². The maximum absolute atomic E-state index is 13.4. The van der Waals surface area contributed by atoms with Gasteiger partial charge < -0.3 is 10.1 Å². The molecule has 1 aromatic rings. The van der Waals surface area contributed by atoms with E-state index in [9.17, 15) is 14.5 Å². The Morgan fingerprint density at radius 1 is 1.61 bits per heavy atom. The SMILES string of the molecule is CC1OCCC1Nc1cc(F)c(Cl)cc1[N+](=O)[O-]. The Bertz CT molecular complexity index is 484. The molecule has 0 saturated carbocycles. The van der Waals surface area contributed by atoms with E-state index in [0.717, 1.165) is 18.6 Å². The highest BCUT2D eigenvalue weighted by atomic mass is 35.5. The summed E-state index contributed by atoms with van der Waals surface area (Å²) in [5, 5.41) is 13.6. The molecule has 1 fully saturated rings. The Hall–Kier alpha value is -1.40. The maximum atomic E-state index is 13.4. The zero-order valence-electron chi connectivity index (χ0n) is 9.65. The number of nitro groups is 1. The van der Waals surface area contributed by atoms with Crippen molar-refractivity contribution < 1.29 is 14.1 Å². The third-order valence-electron chi connectivity index (χ3n) is 2.95. The van der Waals surface area contributed by atoms with Gasteiger partial charge in [0.05, 0.1) is 22.1 Å². The van der Waals surface area contributed by atoms with E-state index in [-0.39, 0.29) is 28.5 Å². The van der Waals surface area contributed by atoms with E-state index >= 15 is 0 Å². The second-order valence-electron chi connectivity index (χ2n) is 4.16. The quantitative estimate of drug-likeness (QED) is 0.680. The second-order valence-corrected chi connectivity index (χ2v) is 4.56. The van der Waals surface area contributed by atoms with Crippen LogP contribution in [-0.4, -0.2) is 23.7 Å². The number of nitrogens with zero attached hydrogens (tertiary/aromatic N) is 1. The minimum atomic E-state index is -0.684. The average molecular weight is 275 g/mol. The first-order chi connectivity index (χ1) is 8.49. The number of hydrogen-bond donors (Lipinski definition) is 1. The monoisotopic (exact) mass is 274 g/mol. The van der Waals surface area contributed by atoms with Crippen LogP contribution < -0.4 is 5.32 Å². The smallest absolute Gasteiger partial charge is 0.294 e. The lowest BCUT2D eigenvalue weighted by molar-refractivity contribution is -0.384. The van der Waals surface area contributed by atoms with Crippen LogP contribution in [0.5, 0.6) is 0 Å². The highest BCUT2D eigenvalue weighted by Crippen LogP contribution is 2.32. The molecule has 2 atom stereocenters. The highest BCUT2D eigenvalue weighted by Gasteiger charge is 2.27. The van der Waals surface area contributed by atoms with Crippen molar-refractivity contribution in [1.82, 2.24) is 0 Å². The van der Waals surface area contributed by atoms with Gasteiger partial charge in [0.15, 0.2) is 0 Å². The molecule has 0 radical (unpaired) electrons. The number of anilines is 1. The molecule has 1 aliphatic rings. The number of hydrogen-bond acceptors (Lipinski definition) is 4. The molecular weight excluding hydrogens is 263 g/mol. The van der Waals surface area contributed by atoms with Crippen molar-refractivity contribution in [1.29, 1.82) is 0 Å². The Morgan fingerprint density at radius 2 is 2.33 bits per heavy atom. The summed E-state index contributed by atoms with van der Waals surface area (Å²) in [6.07, 6.45) is 0.658. The summed E-state index contributed by atoms with van der Waals surface area (Å²) in [6.45, 7) is 2.45. The summed E-state index contributed by atoms with van der Waals surface area (Å²) in [5.74, 6) is -0.684. The number of halogens is 2. The molecule has 0 amide bonds. The molecule has 2 rings (SSSR count). The van der Waals surface area contributed by atoms with Crippen LogP contribution in [0.15, 0.2) is 12.1 Å². The van der Waals surface area contributed by atoms with Crippen LogP contribution in [0.1, 0.15) is 13.3 Å². The van der Waals surface area contributed by atoms with Crippen molar-refractivity contribution in [2.24, 2.45) is 0 Å². The first-order valence-electron chi connectivity index (χ1n) is 5.50. The topological polar surface area (TPSA) is 64.4 Å². The fraction of sp³-hybridized carbons (Fsp3) is 0.455. The summed E-state index contributed by atoms with van der Waals surface area (Å²) >= 11 is 5.54. The van der Waals surface area contributed by atoms with E-state index < -0.39 is 10.7 Å². The third kappa shape index (κ3) is 2.54. The summed E-state index contributed by atoms with van der Waals surface area (Å²) in [4.78, 5) is 10.3. The molecule has 1 saturated heterocycles. The number of nitro benzene ring substituents is 1. The van der Waals surface area contributed by atoms with Gasteiger partial charge in [0.25, 0.3) is 5.69 Å². The zero-order chi connectivity index (χ0) is 13.3. The Kier molecular flexibility index (Phi) is 3.68. The molecule has 2 unspecified atom stereocenters. The molecular formula is C11H12ClFN2O3. The number of ether oxygens (including phenoxy) is 1. The van der Waals surface area contributed by atoms with Crippen LogP contribution in [0.25, 0.3) is 0 Å². The van der Waals surface area contributed by atoms with Gasteiger partial charge in [0.1, 0.15) is 11.5 Å². The molecule has 7 heteroatoms. The fourth-order valence-corrected chi connectivity index (χ4v) is 2.08. The molecule has 1 N–H and O–H groups in total. The summed E-state index contributed by atoms with van der Waals surface area (Å²) in [5.41, 5.74) is -0.107. The molecule has 0 bridgehead atoms. The predicted octanol–water partition coefficient (Wildman–Crippen LogP) is 2.98. The van der Waals surface area contributed by atoms with E-state index in [4.69, 9.17) is 16.3 Å². The van der Waals surface area contributed by atoms with Crippen molar-refractivity contribution in [2.45, 2.75) is 25.5 Å². The van der Waals surface area contributed by atoms with Crippen LogP contribution in [0.4, 0.5) is 15.8 Å². The van der Waals surface area contributed by atoms with Gasteiger partial charge >= 0.3 is 0 Å². The summed E-state index contributed by atoms with van der Waals surface area (Å²) in [7, 11) is 0. The third-order valence-corrected chi connectivity index (χ3v) is 3.24. The van der Waals surface area contributed by atoms with Gasteiger partial charge in [-0.2, -0.15) is 0 Å². The lowest BCUT2D eigenvalue weighted by Gasteiger charge is -2.17. The molecule has 1 aliphatic heterocycles. The second kappa shape index (κ2) is 5.07. The van der Waals surface area contributed by atoms with Gasteiger partial charge in [-0.15, -0.1) is 0 Å². The Morgan fingerprint density at radius 3 is 2.89 bits per heavy atom. The molecule has 18 heavy (non-hydrogen) atoms. The normalized spacial score (nSPS) is 23.1. The first-order valence-corrected chi connectivity index (χ1v) is 5.88. The van der Waals surface area contributed by atoms with Crippen LogP contribution in [0.3, 0.4) is 0 Å². The number of nitrogens with one attached hydrogen (secondary N) is 1. The Labute approximate surface area is 108 Å². The van der Waals surface area contributed by atoms with Crippen molar-refractivity contribution in [3.05, 3.63) is 33.1 Å². The minimum absolute atomic E-state index is 0.0655. The Balaban J connectivity index is 2.30. The molecule has 1 aromatic carbocycles. The summed E-state index contributed by atoms with van der Waals surface area (Å²) in [6, 6.07) is 2.00. The van der Waals surface area contributed by atoms with Gasteiger partial charge in [-0.05, 0) is 13.3 Å². The predicted molar refractivity (Wildman–Crippen MR) is 65.5 cm³/mol. The van der Waals surface area contributed by atoms with E-state index in [1.54, 1.807) is 0 Å². The van der Waals surface area contributed by atoms with Crippen LogP contribution in [-0.2, 0) is 4.74 Å². The lowest BCUT2D eigenvalue weighted by Crippen LogP contribution is -2.27. The van der Waals surface area contributed by atoms with E-state index in [1.165, 1.54) is 0 Å². The molecule has 0 aromatic heterocycles. The van der Waals surface area contributed by atoms with E-state index in [0.29, 0.717) is 6.61 Å². The highest BCUT2D eigenvalue weighted by molar-refractivity contribution is 6.31. The largest absolute Gasteiger partial charge is 0.376 e. The van der Waals surface area contributed by atoms with Crippen molar-refractivity contribution in [3.8, 4) is 0 Å². The van der Waals surface area contributed by atoms with Gasteiger partial charge in [-0.25, -0.2) is 4.39 Å². The van der Waals surface area contributed by atoms with Crippen molar-refractivity contribution in [3.63, 3.8) is 0 Å². The van der Waals surface area contributed by atoms with E-state index in [2.05, 4.69) is 5.32 Å². The van der Waals surface area contributed by atoms with Crippen LogP contribution in [0, 0.1) is 15.9 Å². The molecule has 0 spiro atoms. The number of benzene rings is 1. The number of rotatable bonds is 3. The van der Waals surface area contributed by atoms with E-state index in [1.807, 2.05) is 6.92 Å². The average Bonchev–Trinajstić information content (AvgIpc) is 2.69. The van der Waals surface area contributed by atoms with Gasteiger partial charge in [0.2, 0.25) is 0 Å². The first kappa shape index (κ1) is 13.0. The molecule has 1 heterocycles. The van der Waals surface area contributed by atoms with Gasteiger partial charge in [0, 0.05) is 18.7 Å². The molecule has 5 nitrogen and oxygen atoms in total. The fourth-order valence-electron chi connectivity index (χ4n) is 1.92. The standard InChI is InChI=1S/C11H12ClFN2O3/c1-6-9(2-3-18-6)14-10-5-8(13)7(12)4-11(10)15(16)17/h4-6,9,14H,2-3H2,1H3.